The quantitative estimate of drug-likeness (QED) is 0.486. The van der Waals surface area contributed by atoms with Gasteiger partial charge in [-0.25, -0.2) is 4.79 Å². The van der Waals surface area contributed by atoms with Crippen LogP contribution in [-0.4, -0.2) is 23.4 Å². The van der Waals surface area contributed by atoms with E-state index in [-0.39, 0.29) is 5.71 Å². The molecule has 0 bridgehead atoms. The Hall–Kier alpha value is -1.06. The van der Waals surface area contributed by atoms with Crippen molar-refractivity contribution in [3.8, 4) is 0 Å². The van der Waals surface area contributed by atoms with Crippen molar-refractivity contribution in [1.29, 1.82) is 0 Å². The van der Waals surface area contributed by atoms with Crippen LogP contribution in [0.25, 0.3) is 0 Å². The lowest BCUT2D eigenvalue weighted by Crippen LogP contribution is -2.08. The molecule has 0 aromatic carbocycles. The first-order valence-corrected chi connectivity index (χ1v) is 3.60. The van der Waals surface area contributed by atoms with Crippen LogP contribution < -0.4 is 0 Å². The van der Waals surface area contributed by atoms with E-state index >= 15 is 0 Å². The molecule has 62 valence electrons. The van der Waals surface area contributed by atoms with Crippen molar-refractivity contribution in [3.63, 3.8) is 0 Å². The first-order chi connectivity index (χ1) is 5.20. The Labute approximate surface area is 64.8 Å². The van der Waals surface area contributed by atoms with Crippen LogP contribution in [0.1, 0.15) is 19.8 Å². The van der Waals surface area contributed by atoms with Crippen LogP contribution in [0.2, 0.25) is 0 Å². The SMILES string of the molecule is C/C(=N/OCC1CC1)C(=O)O. The molecule has 0 radical (unpaired) electrons. The average molecular weight is 157 g/mol. The monoisotopic (exact) mass is 157 g/mol. The van der Waals surface area contributed by atoms with Gasteiger partial charge in [-0.05, 0) is 25.7 Å². The van der Waals surface area contributed by atoms with E-state index in [2.05, 4.69) is 5.16 Å². The maximum absolute atomic E-state index is 10.2. The molecule has 0 aliphatic heterocycles. The summed E-state index contributed by atoms with van der Waals surface area (Å²) in [5.74, 6) is -0.416. The van der Waals surface area contributed by atoms with Crippen molar-refractivity contribution in [1.82, 2.24) is 0 Å². The van der Waals surface area contributed by atoms with Crippen LogP contribution in [0.15, 0.2) is 5.16 Å². The molecule has 1 N–H and O–H groups in total. The standard InChI is InChI=1S/C7H11NO3/c1-5(7(9)10)8-11-4-6-2-3-6/h6H,2-4H2,1H3,(H,9,10)/b8-5-. The number of carboxylic acid groups (broad SMARTS) is 1. The highest BCUT2D eigenvalue weighted by Crippen LogP contribution is 2.28. The summed E-state index contributed by atoms with van der Waals surface area (Å²) in [6, 6.07) is 0. The fourth-order valence-electron chi connectivity index (χ4n) is 0.563. The highest BCUT2D eigenvalue weighted by atomic mass is 16.6. The summed E-state index contributed by atoms with van der Waals surface area (Å²) in [6.07, 6.45) is 2.36. The zero-order valence-corrected chi connectivity index (χ0v) is 6.41. The number of nitrogens with zero attached hydrogens (tertiary/aromatic N) is 1. The minimum Gasteiger partial charge on any atom is -0.477 e. The van der Waals surface area contributed by atoms with Gasteiger partial charge in [0, 0.05) is 0 Å². The van der Waals surface area contributed by atoms with Crippen molar-refractivity contribution in [2.75, 3.05) is 6.61 Å². The van der Waals surface area contributed by atoms with E-state index < -0.39 is 5.97 Å². The lowest BCUT2D eigenvalue weighted by atomic mass is 10.4. The van der Waals surface area contributed by atoms with Crippen molar-refractivity contribution >= 4 is 11.7 Å². The first kappa shape index (κ1) is 8.04. The van der Waals surface area contributed by atoms with Gasteiger partial charge in [-0.1, -0.05) is 5.16 Å². The first-order valence-electron chi connectivity index (χ1n) is 3.60. The predicted molar refractivity (Wildman–Crippen MR) is 39.4 cm³/mol. The molecule has 0 heterocycles. The molecule has 1 aliphatic rings. The molecule has 1 fully saturated rings. The molecule has 4 nitrogen and oxygen atoms in total. The van der Waals surface area contributed by atoms with Gasteiger partial charge in [0.15, 0.2) is 5.71 Å². The van der Waals surface area contributed by atoms with Crippen molar-refractivity contribution < 1.29 is 14.7 Å². The number of carbonyl (C=O) groups is 1. The Bertz CT molecular complexity index is 184. The van der Waals surface area contributed by atoms with E-state index in [0.717, 1.165) is 0 Å². The summed E-state index contributed by atoms with van der Waals surface area (Å²) < 4.78 is 0. The maximum Gasteiger partial charge on any atom is 0.353 e. The summed E-state index contributed by atoms with van der Waals surface area (Å²) in [4.78, 5) is 15.0. The summed E-state index contributed by atoms with van der Waals surface area (Å²) >= 11 is 0. The third-order valence-corrected chi connectivity index (χ3v) is 1.52. The molecule has 1 aliphatic carbocycles. The number of carboxylic acids is 1. The van der Waals surface area contributed by atoms with Gasteiger partial charge in [0.25, 0.3) is 0 Å². The fourth-order valence-corrected chi connectivity index (χ4v) is 0.563. The molecule has 4 heteroatoms. The van der Waals surface area contributed by atoms with Crippen LogP contribution in [0.5, 0.6) is 0 Å². The molecule has 1 rings (SSSR count). The topological polar surface area (TPSA) is 58.9 Å². The van der Waals surface area contributed by atoms with Crippen LogP contribution in [0.3, 0.4) is 0 Å². The number of hydrogen-bond donors (Lipinski definition) is 1. The van der Waals surface area contributed by atoms with Crippen LogP contribution >= 0.6 is 0 Å². The van der Waals surface area contributed by atoms with E-state index in [1.54, 1.807) is 0 Å². The molecule has 0 aromatic heterocycles. The Kier molecular flexibility index (Phi) is 2.46. The maximum atomic E-state index is 10.2. The fraction of sp³-hybridized carbons (Fsp3) is 0.714. The molecular formula is C7H11NO3. The molecule has 0 amide bonds. The molecule has 0 unspecified atom stereocenters. The number of aliphatic carboxylic acids is 1. The summed E-state index contributed by atoms with van der Waals surface area (Å²) in [6.45, 7) is 1.97. The van der Waals surface area contributed by atoms with E-state index in [1.165, 1.54) is 19.8 Å². The van der Waals surface area contributed by atoms with E-state index in [4.69, 9.17) is 9.94 Å². The largest absolute Gasteiger partial charge is 0.477 e. The highest BCUT2D eigenvalue weighted by Gasteiger charge is 2.21. The van der Waals surface area contributed by atoms with E-state index in [9.17, 15) is 4.79 Å². The lowest BCUT2D eigenvalue weighted by molar-refractivity contribution is -0.129. The van der Waals surface area contributed by atoms with Crippen LogP contribution in [0, 0.1) is 5.92 Å². The second-order valence-corrected chi connectivity index (χ2v) is 2.72. The summed E-state index contributed by atoms with van der Waals surface area (Å²) in [7, 11) is 0. The Morgan fingerprint density at radius 2 is 2.36 bits per heavy atom. The van der Waals surface area contributed by atoms with Crippen LogP contribution in [-0.2, 0) is 9.63 Å². The molecular weight excluding hydrogens is 146 g/mol. The molecule has 0 atom stereocenters. The zero-order chi connectivity index (χ0) is 8.27. The van der Waals surface area contributed by atoms with Crippen molar-refractivity contribution in [2.24, 2.45) is 11.1 Å². The van der Waals surface area contributed by atoms with Crippen molar-refractivity contribution in [3.05, 3.63) is 0 Å². The normalized spacial score (nSPS) is 18.1. The van der Waals surface area contributed by atoms with Gasteiger partial charge in [0.05, 0.1) is 0 Å². The van der Waals surface area contributed by atoms with E-state index in [1.807, 2.05) is 0 Å². The second-order valence-electron chi connectivity index (χ2n) is 2.72. The Morgan fingerprint density at radius 1 is 1.73 bits per heavy atom. The van der Waals surface area contributed by atoms with Crippen molar-refractivity contribution in [2.45, 2.75) is 19.8 Å². The Balaban J connectivity index is 2.15. The summed E-state index contributed by atoms with van der Waals surface area (Å²) in [5, 5.41) is 11.8. The molecule has 0 aromatic rings. The van der Waals surface area contributed by atoms with Gasteiger partial charge in [0.2, 0.25) is 0 Å². The smallest absolute Gasteiger partial charge is 0.353 e. The summed E-state index contributed by atoms with van der Waals surface area (Å²) in [5.41, 5.74) is 0.00523. The highest BCUT2D eigenvalue weighted by molar-refractivity contribution is 6.34. The van der Waals surface area contributed by atoms with Gasteiger partial charge in [-0.2, -0.15) is 0 Å². The number of oxime groups is 1. The molecule has 0 spiro atoms. The average Bonchev–Trinajstić information content (AvgIpc) is 2.71. The molecule has 11 heavy (non-hydrogen) atoms. The minimum atomic E-state index is -1.03. The van der Waals surface area contributed by atoms with Crippen LogP contribution in [0.4, 0.5) is 0 Å². The van der Waals surface area contributed by atoms with Gasteiger partial charge >= 0.3 is 5.97 Å². The van der Waals surface area contributed by atoms with Gasteiger partial charge in [-0.15, -0.1) is 0 Å². The number of rotatable bonds is 4. The second kappa shape index (κ2) is 3.37. The van der Waals surface area contributed by atoms with Gasteiger partial charge in [0.1, 0.15) is 6.61 Å². The van der Waals surface area contributed by atoms with E-state index in [0.29, 0.717) is 12.5 Å². The lowest BCUT2D eigenvalue weighted by Gasteiger charge is -1.95. The number of hydrogen-bond acceptors (Lipinski definition) is 3. The molecule has 1 saturated carbocycles. The zero-order valence-electron chi connectivity index (χ0n) is 6.41. The third-order valence-electron chi connectivity index (χ3n) is 1.52. The predicted octanol–water partition coefficient (Wildman–Crippen LogP) is 0.873. The minimum absolute atomic E-state index is 0.00523. The molecule has 0 saturated heterocycles. The van der Waals surface area contributed by atoms with Gasteiger partial charge in [-0.3, -0.25) is 0 Å². The Morgan fingerprint density at radius 3 is 2.82 bits per heavy atom. The third kappa shape index (κ3) is 3.02. The van der Waals surface area contributed by atoms with Gasteiger partial charge < -0.3 is 9.94 Å².